The van der Waals surface area contributed by atoms with E-state index in [9.17, 15) is 13.2 Å². The Morgan fingerprint density at radius 2 is 1.95 bits per heavy atom. The fraction of sp³-hybridized carbons (Fsp3) is 0.214. The Morgan fingerprint density at radius 1 is 1.27 bits per heavy atom. The molecule has 0 aliphatic heterocycles. The topological polar surface area (TPSA) is 88.4 Å². The van der Waals surface area contributed by atoms with Crippen molar-refractivity contribution in [2.75, 3.05) is 0 Å². The molecule has 0 bridgehead atoms. The van der Waals surface area contributed by atoms with Gasteiger partial charge in [0, 0.05) is 5.02 Å². The van der Waals surface area contributed by atoms with Crippen molar-refractivity contribution in [1.82, 2.24) is 10.0 Å². The Bertz CT molecular complexity index is 727. The second kappa shape index (κ2) is 6.95. The van der Waals surface area contributed by atoms with Gasteiger partial charge in [-0.15, -0.1) is 0 Å². The van der Waals surface area contributed by atoms with Gasteiger partial charge in [-0.1, -0.05) is 11.6 Å². The zero-order valence-corrected chi connectivity index (χ0v) is 13.3. The Hall–Kier alpha value is -1.83. The molecule has 1 aromatic carbocycles. The number of hydrogen-bond donors (Lipinski definition) is 2. The van der Waals surface area contributed by atoms with Crippen molar-refractivity contribution in [2.24, 2.45) is 0 Å². The summed E-state index contributed by atoms with van der Waals surface area (Å²) in [5.74, 6) is 0.134. The average Bonchev–Trinajstić information content (AvgIpc) is 2.98. The summed E-state index contributed by atoms with van der Waals surface area (Å²) in [5, 5.41) is 3.02. The third-order valence-corrected chi connectivity index (χ3v) is 4.67. The molecule has 2 aromatic rings. The molecule has 1 heterocycles. The normalized spacial score (nSPS) is 12.8. The molecule has 0 saturated heterocycles. The average molecular weight is 343 g/mol. The predicted octanol–water partition coefficient (Wildman–Crippen LogP) is 1.92. The number of benzene rings is 1. The molecule has 0 aliphatic carbocycles. The van der Waals surface area contributed by atoms with E-state index in [1.165, 1.54) is 37.5 Å². The number of furan rings is 1. The molecule has 0 spiro atoms. The first kappa shape index (κ1) is 16.5. The van der Waals surface area contributed by atoms with Gasteiger partial charge in [-0.05, 0) is 43.3 Å². The number of amides is 1. The first-order chi connectivity index (χ1) is 10.4. The molecule has 8 heteroatoms. The largest absolute Gasteiger partial charge is 0.467 e. The monoisotopic (exact) mass is 342 g/mol. The van der Waals surface area contributed by atoms with Gasteiger partial charge in [-0.3, -0.25) is 4.79 Å². The van der Waals surface area contributed by atoms with Crippen LogP contribution in [0.3, 0.4) is 0 Å². The van der Waals surface area contributed by atoms with Gasteiger partial charge >= 0.3 is 0 Å². The van der Waals surface area contributed by atoms with E-state index < -0.39 is 22.0 Å². The smallest absolute Gasteiger partial charge is 0.241 e. The quantitative estimate of drug-likeness (QED) is 0.839. The minimum Gasteiger partial charge on any atom is -0.467 e. The van der Waals surface area contributed by atoms with Crippen LogP contribution < -0.4 is 10.0 Å². The fourth-order valence-corrected chi connectivity index (χ4v) is 3.04. The molecule has 2 N–H and O–H groups in total. The van der Waals surface area contributed by atoms with Gasteiger partial charge in [0.05, 0.1) is 23.7 Å². The van der Waals surface area contributed by atoms with Gasteiger partial charge in [-0.2, -0.15) is 4.72 Å². The van der Waals surface area contributed by atoms with E-state index in [-0.39, 0.29) is 11.4 Å². The highest BCUT2D eigenvalue weighted by Gasteiger charge is 2.21. The molecule has 2 rings (SSSR count). The second-order valence-corrected chi connectivity index (χ2v) is 6.74. The zero-order valence-electron chi connectivity index (χ0n) is 11.7. The van der Waals surface area contributed by atoms with E-state index >= 15 is 0 Å². The van der Waals surface area contributed by atoms with Gasteiger partial charge in [0.2, 0.25) is 15.9 Å². The van der Waals surface area contributed by atoms with Crippen LogP contribution >= 0.6 is 11.6 Å². The standard InChI is InChI=1S/C14H15ClN2O4S/c1-10(14(18)16-9-12-3-2-8-21-12)17-22(19,20)13-6-4-11(15)5-7-13/h2-8,10,17H,9H2,1H3,(H,16,18)/t10-/m0/s1. The lowest BCUT2D eigenvalue weighted by Crippen LogP contribution is -2.44. The van der Waals surface area contributed by atoms with E-state index in [0.717, 1.165) is 0 Å². The maximum absolute atomic E-state index is 12.1. The maximum atomic E-state index is 12.1. The molecule has 1 aromatic heterocycles. The summed E-state index contributed by atoms with van der Waals surface area (Å²) < 4.78 is 31.7. The van der Waals surface area contributed by atoms with Crippen LogP contribution in [-0.2, 0) is 21.4 Å². The summed E-state index contributed by atoms with van der Waals surface area (Å²) in [6.07, 6.45) is 1.49. The third kappa shape index (κ3) is 4.33. The molecule has 0 aliphatic rings. The van der Waals surface area contributed by atoms with Gasteiger partial charge in [0.25, 0.3) is 0 Å². The van der Waals surface area contributed by atoms with E-state index in [4.69, 9.17) is 16.0 Å². The van der Waals surface area contributed by atoms with Crippen LogP contribution in [0.25, 0.3) is 0 Å². The highest BCUT2D eigenvalue weighted by Crippen LogP contribution is 2.14. The van der Waals surface area contributed by atoms with Crippen LogP contribution in [0.1, 0.15) is 12.7 Å². The zero-order chi connectivity index (χ0) is 16.2. The summed E-state index contributed by atoms with van der Waals surface area (Å²) >= 11 is 5.72. The summed E-state index contributed by atoms with van der Waals surface area (Å²) in [6, 6.07) is 8.18. The number of carbonyl (C=O) groups excluding carboxylic acids is 1. The lowest BCUT2D eigenvalue weighted by molar-refractivity contribution is -0.122. The molecule has 0 fully saturated rings. The lowest BCUT2D eigenvalue weighted by Gasteiger charge is -2.14. The summed E-state index contributed by atoms with van der Waals surface area (Å²) in [5.41, 5.74) is 0. The fourth-order valence-electron chi connectivity index (χ4n) is 1.71. The Kier molecular flexibility index (Phi) is 5.23. The van der Waals surface area contributed by atoms with Crippen LogP contribution in [0, 0.1) is 0 Å². The Morgan fingerprint density at radius 3 is 2.55 bits per heavy atom. The molecular weight excluding hydrogens is 328 g/mol. The van der Waals surface area contributed by atoms with Gasteiger partial charge < -0.3 is 9.73 Å². The number of hydrogen-bond acceptors (Lipinski definition) is 4. The van der Waals surface area contributed by atoms with Crippen molar-refractivity contribution in [3.63, 3.8) is 0 Å². The number of nitrogens with one attached hydrogen (secondary N) is 2. The van der Waals surface area contributed by atoms with E-state index in [2.05, 4.69) is 10.0 Å². The van der Waals surface area contributed by atoms with Crippen molar-refractivity contribution in [1.29, 1.82) is 0 Å². The summed E-state index contributed by atoms with van der Waals surface area (Å²) in [7, 11) is -3.79. The van der Waals surface area contributed by atoms with Crippen LogP contribution in [-0.4, -0.2) is 20.4 Å². The molecule has 0 radical (unpaired) electrons. The Labute approximate surface area is 133 Å². The molecule has 6 nitrogen and oxygen atoms in total. The summed E-state index contributed by atoms with van der Waals surface area (Å²) in [6.45, 7) is 1.66. The minimum atomic E-state index is -3.79. The minimum absolute atomic E-state index is 0.0441. The van der Waals surface area contributed by atoms with Gasteiger partial charge in [0.1, 0.15) is 5.76 Å². The number of rotatable bonds is 6. The molecule has 118 valence electrons. The van der Waals surface area contributed by atoms with Crippen LogP contribution in [0.4, 0.5) is 0 Å². The second-order valence-electron chi connectivity index (χ2n) is 4.59. The van der Waals surface area contributed by atoms with Crippen molar-refractivity contribution >= 4 is 27.5 Å². The van der Waals surface area contributed by atoms with Crippen molar-refractivity contribution in [3.05, 3.63) is 53.4 Å². The van der Waals surface area contributed by atoms with Crippen LogP contribution in [0.15, 0.2) is 52.0 Å². The number of halogens is 1. The molecule has 0 unspecified atom stereocenters. The van der Waals surface area contributed by atoms with Crippen LogP contribution in [0.2, 0.25) is 5.02 Å². The van der Waals surface area contributed by atoms with Crippen LogP contribution in [0.5, 0.6) is 0 Å². The number of sulfonamides is 1. The first-order valence-electron chi connectivity index (χ1n) is 6.46. The molecular formula is C14H15ClN2O4S. The predicted molar refractivity (Wildman–Crippen MR) is 81.8 cm³/mol. The highest BCUT2D eigenvalue weighted by molar-refractivity contribution is 7.89. The molecule has 1 atom stereocenters. The SMILES string of the molecule is C[C@H](NS(=O)(=O)c1ccc(Cl)cc1)C(=O)NCc1ccco1. The molecule has 22 heavy (non-hydrogen) atoms. The van der Waals surface area contributed by atoms with Crippen molar-refractivity contribution < 1.29 is 17.6 Å². The van der Waals surface area contributed by atoms with Gasteiger partial charge in [-0.25, -0.2) is 8.42 Å². The van der Waals surface area contributed by atoms with E-state index in [0.29, 0.717) is 10.8 Å². The third-order valence-electron chi connectivity index (χ3n) is 2.87. The Balaban J connectivity index is 1.96. The molecule has 1 amide bonds. The maximum Gasteiger partial charge on any atom is 0.241 e. The van der Waals surface area contributed by atoms with Crippen molar-refractivity contribution in [2.45, 2.75) is 24.4 Å². The summed E-state index contributed by atoms with van der Waals surface area (Å²) in [4.78, 5) is 11.9. The van der Waals surface area contributed by atoms with Crippen molar-refractivity contribution in [3.8, 4) is 0 Å². The number of carbonyl (C=O) groups is 1. The highest BCUT2D eigenvalue weighted by atomic mass is 35.5. The first-order valence-corrected chi connectivity index (χ1v) is 8.32. The van der Waals surface area contributed by atoms with E-state index in [1.54, 1.807) is 12.1 Å². The van der Waals surface area contributed by atoms with E-state index in [1.807, 2.05) is 0 Å². The van der Waals surface area contributed by atoms with Gasteiger partial charge in [0.15, 0.2) is 0 Å². The molecule has 0 saturated carbocycles. The lowest BCUT2D eigenvalue weighted by atomic mass is 10.3.